The van der Waals surface area contributed by atoms with Crippen molar-refractivity contribution in [3.63, 3.8) is 0 Å². The molecule has 0 aromatic rings. The number of thioether (sulfide) groups is 1. The molecule has 0 unspecified atom stereocenters. The zero-order valence-electron chi connectivity index (χ0n) is 13.0. The van der Waals surface area contributed by atoms with Gasteiger partial charge in [0.1, 0.15) is 24.4 Å². The molecule has 1 aliphatic rings. The predicted molar refractivity (Wildman–Crippen MR) is 82.8 cm³/mol. The molecule has 23 heavy (non-hydrogen) atoms. The first-order valence-electron chi connectivity index (χ1n) is 7.14. The highest BCUT2D eigenvalue weighted by Gasteiger charge is 2.43. The number of carbonyl (C=O) groups is 1. The van der Waals surface area contributed by atoms with E-state index in [1.807, 2.05) is 0 Å². The van der Waals surface area contributed by atoms with E-state index >= 15 is 0 Å². The molecule has 5 atom stereocenters. The van der Waals surface area contributed by atoms with Crippen molar-refractivity contribution in [2.45, 2.75) is 37.1 Å². The Labute approximate surface area is 139 Å². The van der Waals surface area contributed by atoms with Gasteiger partial charge in [0.2, 0.25) is 0 Å². The summed E-state index contributed by atoms with van der Waals surface area (Å²) in [5.41, 5.74) is 0.705. The molecule has 0 aliphatic carbocycles. The number of hydrogen-bond acceptors (Lipinski definition) is 9. The van der Waals surface area contributed by atoms with E-state index in [0.29, 0.717) is 23.5 Å². The van der Waals surface area contributed by atoms with Crippen molar-refractivity contribution in [2.24, 2.45) is 0 Å². The van der Waals surface area contributed by atoms with E-state index in [4.69, 9.17) is 14.6 Å². The van der Waals surface area contributed by atoms with Crippen LogP contribution in [0.3, 0.4) is 0 Å². The van der Waals surface area contributed by atoms with Gasteiger partial charge in [0.25, 0.3) is 0 Å². The molecule has 0 aromatic heterocycles. The van der Waals surface area contributed by atoms with Crippen LogP contribution in [-0.2, 0) is 19.0 Å². The van der Waals surface area contributed by atoms with Gasteiger partial charge in [-0.2, -0.15) is 11.8 Å². The Hall–Kier alpha value is -0.680. The van der Waals surface area contributed by atoms with Crippen LogP contribution in [0.4, 0.5) is 0 Å². The van der Waals surface area contributed by atoms with Crippen LogP contribution in [-0.4, -0.2) is 88.9 Å². The van der Waals surface area contributed by atoms with Crippen LogP contribution in [0.5, 0.6) is 0 Å². The van der Waals surface area contributed by atoms with E-state index in [1.165, 1.54) is 18.9 Å². The Morgan fingerprint density at radius 1 is 1.26 bits per heavy atom. The van der Waals surface area contributed by atoms with E-state index < -0.39 is 37.3 Å². The summed E-state index contributed by atoms with van der Waals surface area (Å²) < 4.78 is 15.1. The van der Waals surface area contributed by atoms with E-state index in [-0.39, 0.29) is 12.6 Å². The number of ether oxygens (including phenoxy) is 3. The van der Waals surface area contributed by atoms with Crippen molar-refractivity contribution in [2.75, 3.05) is 31.8 Å². The van der Waals surface area contributed by atoms with Gasteiger partial charge in [0.05, 0.1) is 26.7 Å². The second-order valence-electron chi connectivity index (χ2n) is 5.14. The lowest BCUT2D eigenvalue weighted by atomic mass is 9.99. The molecule has 1 saturated heterocycles. The van der Waals surface area contributed by atoms with Gasteiger partial charge in [-0.3, -0.25) is 4.79 Å². The second-order valence-corrected chi connectivity index (χ2v) is 6.24. The molecule has 8 nitrogen and oxygen atoms in total. The van der Waals surface area contributed by atoms with Crippen LogP contribution in [0.1, 0.15) is 6.42 Å². The summed E-state index contributed by atoms with van der Waals surface area (Å²) in [5, 5.41) is 38.2. The quantitative estimate of drug-likeness (QED) is 0.226. The van der Waals surface area contributed by atoms with Gasteiger partial charge in [-0.05, 0) is 5.57 Å². The van der Waals surface area contributed by atoms with Crippen molar-refractivity contribution in [1.82, 2.24) is 0 Å². The average molecular weight is 352 g/mol. The second kappa shape index (κ2) is 10.2. The maximum absolute atomic E-state index is 10.9. The van der Waals surface area contributed by atoms with Crippen molar-refractivity contribution in [1.29, 1.82) is 0 Å². The number of carbonyl (C=O) groups excluding carboxylic acids is 1. The highest BCUT2D eigenvalue weighted by molar-refractivity contribution is 7.99. The lowest BCUT2D eigenvalue weighted by Gasteiger charge is -2.39. The van der Waals surface area contributed by atoms with Crippen LogP contribution >= 0.6 is 11.8 Å². The van der Waals surface area contributed by atoms with Crippen LogP contribution < -0.4 is 0 Å². The highest BCUT2D eigenvalue weighted by Crippen LogP contribution is 2.22. The number of aliphatic hydroxyl groups is 4. The van der Waals surface area contributed by atoms with Gasteiger partial charge in [0, 0.05) is 11.5 Å². The van der Waals surface area contributed by atoms with Crippen LogP contribution in [0.2, 0.25) is 0 Å². The molecule has 134 valence electrons. The van der Waals surface area contributed by atoms with Crippen molar-refractivity contribution >= 4 is 17.7 Å². The third-order valence-electron chi connectivity index (χ3n) is 3.28. The van der Waals surface area contributed by atoms with Crippen LogP contribution in [0.25, 0.3) is 0 Å². The Bertz CT molecular complexity index is 389. The minimum absolute atomic E-state index is 0.0773. The lowest BCUT2D eigenvalue weighted by Crippen LogP contribution is -2.59. The number of methoxy groups -OCH3 is 1. The molecule has 0 radical (unpaired) electrons. The largest absolute Gasteiger partial charge is 0.469 e. The molecule has 1 aliphatic heterocycles. The smallest absolute Gasteiger partial charge is 0.306 e. The molecule has 0 aromatic carbocycles. The van der Waals surface area contributed by atoms with Crippen molar-refractivity contribution in [3.05, 3.63) is 12.2 Å². The molecule has 1 heterocycles. The summed E-state index contributed by atoms with van der Waals surface area (Å²) in [4.78, 5) is 10.9. The first-order chi connectivity index (χ1) is 10.9. The Morgan fingerprint density at radius 3 is 2.57 bits per heavy atom. The Balaban J connectivity index is 2.30. The van der Waals surface area contributed by atoms with Crippen LogP contribution in [0.15, 0.2) is 12.2 Å². The number of hydrogen-bond donors (Lipinski definition) is 4. The lowest BCUT2D eigenvalue weighted by molar-refractivity contribution is -0.298. The monoisotopic (exact) mass is 352 g/mol. The SMILES string of the molecule is C=C(CO[C@@H]1O[C@H](CO)[C@H](O)[C@H](O)[C@H]1O)CSCCC(=O)OC. The van der Waals surface area contributed by atoms with Gasteiger partial charge >= 0.3 is 5.97 Å². The minimum atomic E-state index is -1.46. The average Bonchev–Trinajstić information content (AvgIpc) is 2.55. The molecule has 0 amide bonds. The molecular formula is C14H24O8S. The molecular weight excluding hydrogens is 328 g/mol. The summed E-state index contributed by atoms with van der Waals surface area (Å²) >= 11 is 1.49. The fourth-order valence-electron chi connectivity index (χ4n) is 1.92. The van der Waals surface area contributed by atoms with Gasteiger partial charge in [-0.25, -0.2) is 0 Å². The molecule has 1 fully saturated rings. The maximum atomic E-state index is 10.9. The van der Waals surface area contributed by atoms with Gasteiger partial charge in [-0.15, -0.1) is 0 Å². The third-order valence-corrected chi connectivity index (χ3v) is 4.39. The third kappa shape index (κ3) is 6.38. The fraction of sp³-hybridized carbons (Fsp3) is 0.786. The van der Waals surface area contributed by atoms with E-state index in [2.05, 4.69) is 11.3 Å². The Kier molecular flexibility index (Phi) is 9.07. The van der Waals surface area contributed by atoms with E-state index in [1.54, 1.807) is 0 Å². The summed E-state index contributed by atoms with van der Waals surface area (Å²) in [5.74, 6) is 0.862. The molecule has 0 saturated carbocycles. The van der Waals surface area contributed by atoms with Crippen molar-refractivity contribution in [3.8, 4) is 0 Å². The normalized spacial score (nSPS) is 30.9. The zero-order chi connectivity index (χ0) is 17.4. The summed E-state index contributed by atoms with van der Waals surface area (Å²) in [6.07, 6.45) is -6.15. The van der Waals surface area contributed by atoms with Gasteiger partial charge < -0.3 is 34.6 Å². The maximum Gasteiger partial charge on any atom is 0.306 e. The summed E-state index contributed by atoms with van der Waals surface area (Å²) in [7, 11) is 1.33. The number of esters is 1. The molecule has 4 N–H and O–H groups in total. The molecule has 0 spiro atoms. The first-order valence-corrected chi connectivity index (χ1v) is 8.29. The van der Waals surface area contributed by atoms with Crippen LogP contribution in [0, 0.1) is 0 Å². The Morgan fingerprint density at radius 2 is 1.96 bits per heavy atom. The standard InChI is InChI=1S/C14H24O8S/c1-8(7-23-4-3-10(16)20-2)6-21-14-13(19)12(18)11(17)9(5-15)22-14/h9,11-15,17-19H,1,3-7H2,2H3/t9-,11+,12+,13-,14-/m1/s1. The molecule has 9 heteroatoms. The number of aliphatic hydroxyl groups excluding tert-OH is 4. The van der Waals surface area contributed by atoms with E-state index in [9.17, 15) is 20.1 Å². The fourth-order valence-corrected chi connectivity index (χ4v) is 2.75. The predicted octanol–water partition coefficient (Wildman–Crippen LogP) is -1.34. The van der Waals surface area contributed by atoms with E-state index in [0.717, 1.165) is 0 Å². The number of rotatable bonds is 9. The zero-order valence-corrected chi connectivity index (χ0v) is 13.8. The molecule has 0 bridgehead atoms. The topological polar surface area (TPSA) is 126 Å². The van der Waals surface area contributed by atoms with Gasteiger partial charge in [0.15, 0.2) is 6.29 Å². The first kappa shape index (κ1) is 20.4. The summed E-state index contributed by atoms with van der Waals surface area (Å²) in [6, 6.07) is 0. The highest BCUT2D eigenvalue weighted by atomic mass is 32.2. The summed E-state index contributed by atoms with van der Waals surface area (Å²) in [6.45, 7) is 3.39. The van der Waals surface area contributed by atoms with Gasteiger partial charge in [-0.1, -0.05) is 6.58 Å². The van der Waals surface area contributed by atoms with Crippen molar-refractivity contribution < 1.29 is 39.4 Å². The minimum Gasteiger partial charge on any atom is -0.469 e. The molecule has 1 rings (SSSR count).